The number of hydrogen-bond donors (Lipinski definition) is 0. The normalized spacial score (nSPS) is 24.9. The molecule has 3 aromatic rings. The van der Waals surface area contributed by atoms with Crippen molar-refractivity contribution in [1.29, 1.82) is 0 Å². The minimum Gasteiger partial charge on any atom is -0.489 e. The molecule has 0 amide bonds. The Kier molecular flexibility index (Phi) is 5.94. The monoisotopic (exact) mass is 475 g/mol. The zero-order valence-corrected chi connectivity index (χ0v) is 20.1. The number of rotatable bonds is 6. The summed E-state index contributed by atoms with van der Waals surface area (Å²) in [6.45, 7) is 5.60. The largest absolute Gasteiger partial charge is 0.489 e. The number of pyridine rings is 1. The van der Waals surface area contributed by atoms with E-state index >= 15 is 0 Å². The van der Waals surface area contributed by atoms with Crippen molar-refractivity contribution in [3.63, 3.8) is 0 Å². The van der Waals surface area contributed by atoms with E-state index in [-0.39, 0.29) is 30.7 Å². The van der Waals surface area contributed by atoms with Gasteiger partial charge in [0.2, 0.25) is 5.88 Å². The number of ether oxygens (including phenoxy) is 4. The van der Waals surface area contributed by atoms with Gasteiger partial charge < -0.3 is 18.9 Å². The standard InChI is InChI=1S/C29H30FNO4/c1-17-11-19-3-5-23(14-21(19)12-17)33-15-22-13-20(4-7-25(22)30)24-6-8-28(31-18(24)2)35-27-16-34-26-9-10-32-29(26)27/h3-8,13-14,17,26-27,29H,9-12,15-16H2,1-2H3/t17?,26-,27-,29+/m1/s1. The van der Waals surface area contributed by atoms with Crippen molar-refractivity contribution in [1.82, 2.24) is 4.98 Å². The molecule has 2 fully saturated rings. The zero-order chi connectivity index (χ0) is 23.9. The van der Waals surface area contributed by atoms with E-state index in [1.807, 2.05) is 31.2 Å². The van der Waals surface area contributed by atoms with Crippen LogP contribution in [0.1, 0.15) is 35.7 Å². The fourth-order valence-corrected chi connectivity index (χ4v) is 5.51. The Morgan fingerprint density at radius 2 is 1.91 bits per heavy atom. The van der Waals surface area contributed by atoms with Crippen LogP contribution in [-0.2, 0) is 28.9 Å². The molecule has 2 aromatic carbocycles. The van der Waals surface area contributed by atoms with Gasteiger partial charge in [0.1, 0.15) is 24.3 Å². The van der Waals surface area contributed by atoms with Gasteiger partial charge in [-0.1, -0.05) is 19.1 Å². The first-order valence-corrected chi connectivity index (χ1v) is 12.4. The van der Waals surface area contributed by atoms with E-state index in [9.17, 15) is 4.39 Å². The van der Waals surface area contributed by atoms with Crippen LogP contribution in [0.3, 0.4) is 0 Å². The Hall–Kier alpha value is -2.96. The molecule has 0 spiro atoms. The van der Waals surface area contributed by atoms with E-state index in [2.05, 4.69) is 24.0 Å². The second-order valence-corrected chi connectivity index (χ2v) is 9.97. The highest BCUT2D eigenvalue weighted by Gasteiger charge is 2.43. The lowest BCUT2D eigenvalue weighted by atomic mass is 10.0. The van der Waals surface area contributed by atoms with Crippen LogP contribution < -0.4 is 9.47 Å². The van der Waals surface area contributed by atoms with Crippen LogP contribution in [0.4, 0.5) is 4.39 Å². The first-order chi connectivity index (χ1) is 17.0. The Balaban J connectivity index is 1.16. The van der Waals surface area contributed by atoms with Crippen LogP contribution in [0.2, 0.25) is 0 Å². The van der Waals surface area contributed by atoms with Crippen molar-refractivity contribution in [2.45, 2.75) is 58.0 Å². The highest BCUT2D eigenvalue weighted by atomic mass is 19.1. The van der Waals surface area contributed by atoms with Gasteiger partial charge in [0.15, 0.2) is 6.10 Å². The molecular formula is C29H30FNO4. The highest BCUT2D eigenvalue weighted by Crippen LogP contribution is 2.32. The molecule has 0 N–H and O–H groups in total. The molecule has 2 saturated heterocycles. The third-order valence-corrected chi connectivity index (χ3v) is 7.32. The summed E-state index contributed by atoms with van der Waals surface area (Å²) in [7, 11) is 0. The van der Waals surface area contributed by atoms with Crippen molar-refractivity contribution in [3.05, 3.63) is 76.7 Å². The summed E-state index contributed by atoms with van der Waals surface area (Å²) in [5, 5.41) is 0. The number of halogens is 1. The minimum atomic E-state index is -0.276. The predicted octanol–water partition coefficient (Wildman–Crippen LogP) is 5.44. The zero-order valence-electron chi connectivity index (χ0n) is 20.1. The molecule has 3 heterocycles. The molecule has 182 valence electrons. The maximum atomic E-state index is 14.6. The van der Waals surface area contributed by atoms with E-state index in [0.717, 1.165) is 41.8 Å². The van der Waals surface area contributed by atoms with E-state index in [1.54, 1.807) is 6.07 Å². The van der Waals surface area contributed by atoms with Gasteiger partial charge in [-0.15, -0.1) is 0 Å². The van der Waals surface area contributed by atoms with Crippen molar-refractivity contribution < 1.29 is 23.3 Å². The Morgan fingerprint density at radius 1 is 1.03 bits per heavy atom. The predicted molar refractivity (Wildman–Crippen MR) is 130 cm³/mol. The van der Waals surface area contributed by atoms with E-state index < -0.39 is 0 Å². The maximum Gasteiger partial charge on any atom is 0.213 e. The van der Waals surface area contributed by atoms with Gasteiger partial charge in [-0.3, -0.25) is 0 Å². The lowest BCUT2D eigenvalue weighted by molar-refractivity contribution is 0.0289. The van der Waals surface area contributed by atoms with E-state index in [4.69, 9.17) is 18.9 Å². The van der Waals surface area contributed by atoms with Crippen LogP contribution in [0.25, 0.3) is 11.1 Å². The molecule has 5 nitrogen and oxygen atoms in total. The minimum absolute atomic E-state index is 0.0227. The van der Waals surface area contributed by atoms with Crippen molar-refractivity contribution >= 4 is 0 Å². The van der Waals surface area contributed by atoms with Gasteiger partial charge in [0.05, 0.1) is 12.7 Å². The van der Waals surface area contributed by atoms with Gasteiger partial charge in [-0.05, 0) is 79.1 Å². The molecule has 3 aliphatic rings. The lowest BCUT2D eigenvalue weighted by Gasteiger charge is -2.18. The van der Waals surface area contributed by atoms with Crippen molar-refractivity contribution in [2.24, 2.45) is 5.92 Å². The van der Waals surface area contributed by atoms with Crippen molar-refractivity contribution in [2.75, 3.05) is 13.2 Å². The van der Waals surface area contributed by atoms with Crippen LogP contribution >= 0.6 is 0 Å². The number of benzene rings is 2. The SMILES string of the molecule is Cc1nc(O[C@@H]2CO[C@@H]3CCO[C@@H]32)ccc1-c1ccc(F)c(COc2ccc3c(c2)CC(C)C3)c1. The quantitative estimate of drug-likeness (QED) is 0.475. The molecule has 1 aliphatic carbocycles. The van der Waals surface area contributed by atoms with Gasteiger partial charge in [-0.25, -0.2) is 9.37 Å². The van der Waals surface area contributed by atoms with Crippen LogP contribution in [-0.4, -0.2) is 36.5 Å². The third-order valence-electron chi connectivity index (χ3n) is 7.32. The number of fused-ring (bicyclic) bond motifs is 2. The number of aryl methyl sites for hydroxylation is 1. The fourth-order valence-electron chi connectivity index (χ4n) is 5.51. The molecular weight excluding hydrogens is 445 g/mol. The van der Waals surface area contributed by atoms with Gasteiger partial charge in [0.25, 0.3) is 0 Å². The summed E-state index contributed by atoms with van der Waals surface area (Å²) in [6, 6.07) is 15.2. The summed E-state index contributed by atoms with van der Waals surface area (Å²) in [5.74, 6) is 1.72. The Bertz CT molecular complexity index is 1250. The second-order valence-electron chi connectivity index (χ2n) is 9.97. The van der Waals surface area contributed by atoms with Gasteiger partial charge >= 0.3 is 0 Å². The first kappa shape index (κ1) is 22.5. The number of nitrogens with zero attached hydrogens (tertiary/aromatic N) is 1. The van der Waals surface area contributed by atoms with Crippen LogP contribution in [0.15, 0.2) is 48.5 Å². The topological polar surface area (TPSA) is 49.8 Å². The molecule has 2 aliphatic heterocycles. The lowest BCUT2D eigenvalue weighted by Crippen LogP contribution is -2.32. The molecule has 0 radical (unpaired) electrons. The number of aromatic nitrogens is 1. The fraction of sp³-hybridized carbons (Fsp3) is 0.414. The average molecular weight is 476 g/mol. The smallest absolute Gasteiger partial charge is 0.213 e. The van der Waals surface area contributed by atoms with Crippen LogP contribution in [0, 0.1) is 18.7 Å². The van der Waals surface area contributed by atoms with E-state index in [1.165, 1.54) is 17.2 Å². The molecule has 6 rings (SSSR count). The summed E-state index contributed by atoms with van der Waals surface area (Å²) in [4.78, 5) is 4.65. The molecule has 0 saturated carbocycles. The Labute approximate surface area is 205 Å². The van der Waals surface area contributed by atoms with Gasteiger partial charge in [0, 0.05) is 29.5 Å². The molecule has 35 heavy (non-hydrogen) atoms. The highest BCUT2D eigenvalue weighted by molar-refractivity contribution is 5.67. The molecule has 6 heteroatoms. The second kappa shape index (κ2) is 9.25. The third kappa shape index (κ3) is 4.53. The average Bonchev–Trinajstić information content (AvgIpc) is 3.55. The summed E-state index contributed by atoms with van der Waals surface area (Å²) in [6.07, 6.45) is 3.07. The van der Waals surface area contributed by atoms with Crippen molar-refractivity contribution in [3.8, 4) is 22.8 Å². The van der Waals surface area contributed by atoms with Crippen LogP contribution in [0.5, 0.6) is 11.6 Å². The summed E-state index contributed by atoms with van der Waals surface area (Å²) in [5.41, 5.74) is 5.90. The number of hydrogen-bond acceptors (Lipinski definition) is 5. The first-order valence-electron chi connectivity index (χ1n) is 12.4. The maximum absolute atomic E-state index is 14.6. The molecule has 4 atom stereocenters. The van der Waals surface area contributed by atoms with E-state index in [0.29, 0.717) is 30.6 Å². The summed E-state index contributed by atoms with van der Waals surface area (Å²) < 4.78 is 38.2. The molecule has 1 unspecified atom stereocenters. The molecule has 0 bridgehead atoms. The summed E-state index contributed by atoms with van der Waals surface area (Å²) >= 11 is 0. The van der Waals surface area contributed by atoms with Gasteiger partial charge in [-0.2, -0.15) is 0 Å². The molecule has 1 aromatic heterocycles. The Morgan fingerprint density at radius 3 is 2.80 bits per heavy atom.